The van der Waals surface area contributed by atoms with E-state index in [2.05, 4.69) is 14.9 Å². The third-order valence-electron chi connectivity index (χ3n) is 4.67. The molecular weight excluding hydrogens is 312 g/mol. The number of fused-ring (bicyclic) bond motifs is 1. The molecule has 5 nitrogen and oxygen atoms in total. The van der Waals surface area contributed by atoms with E-state index in [9.17, 15) is 5.11 Å². The second-order valence-electron chi connectivity index (χ2n) is 6.44. The van der Waals surface area contributed by atoms with Gasteiger partial charge >= 0.3 is 0 Å². The van der Waals surface area contributed by atoms with Crippen LogP contribution in [0.3, 0.4) is 0 Å². The molecule has 3 heterocycles. The summed E-state index contributed by atoms with van der Waals surface area (Å²) in [6, 6.07) is 9.76. The average molecular weight is 332 g/mol. The van der Waals surface area contributed by atoms with E-state index in [-0.39, 0.29) is 0 Å². The average Bonchev–Trinajstić information content (AvgIpc) is 2.66. The van der Waals surface area contributed by atoms with Crippen molar-refractivity contribution in [3.8, 4) is 17.1 Å². The number of para-hydroxylation sites is 1. The predicted molar refractivity (Wildman–Crippen MR) is 95.9 cm³/mol. The minimum Gasteiger partial charge on any atom is -0.507 e. The molecule has 1 aliphatic rings. The molecule has 0 bridgehead atoms. The fraction of sp³-hybridized carbons (Fsp3) is 0.250. The Morgan fingerprint density at radius 3 is 2.84 bits per heavy atom. The van der Waals surface area contributed by atoms with Crippen LogP contribution in [0.15, 0.2) is 48.9 Å². The van der Waals surface area contributed by atoms with Crippen molar-refractivity contribution in [1.29, 1.82) is 0 Å². The first-order chi connectivity index (χ1) is 12.2. The zero-order valence-corrected chi connectivity index (χ0v) is 14.2. The van der Waals surface area contributed by atoms with Gasteiger partial charge in [-0.1, -0.05) is 18.2 Å². The molecule has 126 valence electrons. The lowest BCUT2D eigenvalue weighted by atomic mass is 10.0. The molecule has 0 atom stereocenters. The summed E-state index contributed by atoms with van der Waals surface area (Å²) in [5, 5.41) is 10.2. The van der Waals surface area contributed by atoms with Crippen molar-refractivity contribution >= 4 is 0 Å². The molecule has 1 N–H and O–H groups in total. The molecule has 0 saturated carbocycles. The van der Waals surface area contributed by atoms with Gasteiger partial charge in [0.1, 0.15) is 5.75 Å². The molecule has 1 aromatic carbocycles. The lowest BCUT2D eigenvalue weighted by Crippen LogP contribution is -2.31. The Balaban J connectivity index is 1.53. The SMILES string of the molecule is Cc1cccc(CN2CCc3nc(-c4ccncc4)ncc3C2)c1O. The molecule has 1 aliphatic heterocycles. The van der Waals surface area contributed by atoms with Crippen LogP contribution in [-0.2, 0) is 19.5 Å². The number of nitrogens with zero attached hydrogens (tertiary/aromatic N) is 4. The number of phenolic OH excluding ortho intramolecular Hbond substituents is 1. The van der Waals surface area contributed by atoms with Gasteiger partial charge < -0.3 is 5.11 Å². The molecule has 0 spiro atoms. The van der Waals surface area contributed by atoms with Crippen LogP contribution < -0.4 is 0 Å². The quantitative estimate of drug-likeness (QED) is 0.798. The first kappa shape index (κ1) is 15.7. The van der Waals surface area contributed by atoms with Crippen LogP contribution in [-0.4, -0.2) is 31.5 Å². The maximum absolute atomic E-state index is 10.2. The van der Waals surface area contributed by atoms with E-state index in [4.69, 9.17) is 4.98 Å². The highest BCUT2D eigenvalue weighted by Gasteiger charge is 2.20. The predicted octanol–water partition coefficient (Wildman–Crippen LogP) is 3.11. The summed E-state index contributed by atoms with van der Waals surface area (Å²) in [5.74, 6) is 1.16. The van der Waals surface area contributed by atoms with E-state index < -0.39 is 0 Å². The van der Waals surface area contributed by atoms with E-state index in [1.165, 1.54) is 0 Å². The van der Waals surface area contributed by atoms with Gasteiger partial charge in [0.05, 0.1) is 5.69 Å². The van der Waals surface area contributed by atoms with Crippen molar-refractivity contribution in [3.05, 3.63) is 71.3 Å². The van der Waals surface area contributed by atoms with Gasteiger partial charge in [-0.3, -0.25) is 9.88 Å². The number of phenols is 1. The molecule has 0 amide bonds. The Kier molecular flexibility index (Phi) is 4.15. The van der Waals surface area contributed by atoms with Crippen molar-refractivity contribution < 1.29 is 5.11 Å². The van der Waals surface area contributed by atoms with Crippen LogP contribution >= 0.6 is 0 Å². The number of hydrogen-bond acceptors (Lipinski definition) is 5. The second-order valence-corrected chi connectivity index (χ2v) is 6.44. The fourth-order valence-corrected chi connectivity index (χ4v) is 3.24. The summed E-state index contributed by atoms with van der Waals surface area (Å²) in [6.45, 7) is 4.39. The smallest absolute Gasteiger partial charge is 0.159 e. The molecule has 0 radical (unpaired) electrons. The number of hydrogen-bond donors (Lipinski definition) is 1. The van der Waals surface area contributed by atoms with Gasteiger partial charge in [0.15, 0.2) is 5.82 Å². The van der Waals surface area contributed by atoms with Crippen molar-refractivity contribution in [3.63, 3.8) is 0 Å². The van der Waals surface area contributed by atoms with E-state index in [0.29, 0.717) is 5.75 Å². The highest BCUT2D eigenvalue weighted by Crippen LogP contribution is 2.26. The van der Waals surface area contributed by atoms with E-state index in [1.807, 2.05) is 43.5 Å². The Morgan fingerprint density at radius 1 is 1.16 bits per heavy atom. The minimum atomic E-state index is 0.401. The lowest BCUT2D eigenvalue weighted by molar-refractivity contribution is 0.239. The lowest BCUT2D eigenvalue weighted by Gasteiger charge is -2.28. The monoisotopic (exact) mass is 332 g/mol. The van der Waals surface area contributed by atoms with Crippen LogP contribution in [0.5, 0.6) is 5.75 Å². The highest BCUT2D eigenvalue weighted by atomic mass is 16.3. The van der Waals surface area contributed by atoms with Crippen LogP contribution in [0.25, 0.3) is 11.4 Å². The Hall–Kier alpha value is -2.79. The first-order valence-electron chi connectivity index (χ1n) is 8.46. The molecule has 0 aliphatic carbocycles. The summed E-state index contributed by atoms with van der Waals surface area (Å²) in [6.07, 6.45) is 6.34. The summed E-state index contributed by atoms with van der Waals surface area (Å²) in [4.78, 5) is 15.6. The van der Waals surface area contributed by atoms with Crippen LogP contribution in [0.2, 0.25) is 0 Å². The number of rotatable bonds is 3. The van der Waals surface area contributed by atoms with Gasteiger partial charge in [-0.25, -0.2) is 9.97 Å². The van der Waals surface area contributed by atoms with E-state index in [0.717, 1.165) is 59.8 Å². The van der Waals surface area contributed by atoms with Crippen LogP contribution in [0.1, 0.15) is 22.4 Å². The van der Waals surface area contributed by atoms with Gasteiger partial charge in [-0.2, -0.15) is 0 Å². The number of pyridine rings is 1. The standard InChI is InChI=1S/C20H20N4O/c1-14-3-2-4-16(19(14)25)12-24-10-7-18-17(13-24)11-22-20(23-18)15-5-8-21-9-6-15/h2-6,8-9,11,25H,7,10,12-13H2,1H3. The van der Waals surface area contributed by atoms with Gasteiger partial charge in [-0.05, 0) is 24.6 Å². The summed E-state index contributed by atoms with van der Waals surface area (Å²) >= 11 is 0. The number of benzene rings is 1. The maximum atomic E-state index is 10.2. The summed E-state index contributed by atoms with van der Waals surface area (Å²) in [5.41, 5.74) is 5.16. The van der Waals surface area contributed by atoms with Gasteiger partial charge in [0, 0.05) is 61.3 Å². The van der Waals surface area contributed by atoms with E-state index >= 15 is 0 Å². The van der Waals surface area contributed by atoms with Crippen LogP contribution in [0, 0.1) is 6.92 Å². The summed E-state index contributed by atoms with van der Waals surface area (Å²) < 4.78 is 0. The maximum Gasteiger partial charge on any atom is 0.159 e. The Bertz CT molecular complexity index is 895. The molecule has 3 aromatic rings. The summed E-state index contributed by atoms with van der Waals surface area (Å²) in [7, 11) is 0. The molecule has 4 rings (SSSR count). The largest absolute Gasteiger partial charge is 0.507 e. The van der Waals surface area contributed by atoms with E-state index in [1.54, 1.807) is 12.4 Å². The zero-order chi connectivity index (χ0) is 17.2. The van der Waals surface area contributed by atoms with Crippen molar-refractivity contribution in [1.82, 2.24) is 19.9 Å². The third kappa shape index (κ3) is 3.23. The zero-order valence-electron chi connectivity index (χ0n) is 14.2. The molecule has 0 fully saturated rings. The van der Waals surface area contributed by atoms with Gasteiger partial charge in [-0.15, -0.1) is 0 Å². The normalized spacial score (nSPS) is 14.3. The number of aromatic nitrogens is 3. The molecule has 2 aromatic heterocycles. The van der Waals surface area contributed by atoms with Gasteiger partial charge in [0.2, 0.25) is 0 Å². The second kappa shape index (κ2) is 6.61. The molecule has 5 heteroatoms. The third-order valence-corrected chi connectivity index (χ3v) is 4.67. The van der Waals surface area contributed by atoms with Crippen LogP contribution in [0.4, 0.5) is 0 Å². The topological polar surface area (TPSA) is 62.1 Å². The molecule has 0 unspecified atom stereocenters. The Labute approximate surface area is 147 Å². The molecule has 0 saturated heterocycles. The minimum absolute atomic E-state index is 0.401. The molecular formula is C20H20N4O. The first-order valence-corrected chi connectivity index (χ1v) is 8.46. The van der Waals surface area contributed by atoms with Crippen molar-refractivity contribution in [2.45, 2.75) is 26.4 Å². The van der Waals surface area contributed by atoms with Crippen molar-refractivity contribution in [2.75, 3.05) is 6.54 Å². The van der Waals surface area contributed by atoms with Gasteiger partial charge in [0.25, 0.3) is 0 Å². The highest BCUT2D eigenvalue weighted by molar-refractivity contribution is 5.54. The Morgan fingerprint density at radius 2 is 2.00 bits per heavy atom. The molecule has 25 heavy (non-hydrogen) atoms. The van der Waals surface area contributed by atoms with Crippen molar-refractivity contribution in [2.24, 2.45) is 0 Å². The number of aromatic hydroxyl groups is 1. The fourth-order valence-electron chi connectivity index (χ4n) is 3.24. The number of aryl methyl sites for hydroxylation is 1.